The summed E-state index contributed by atoms with van der Waals surface area (Å²) in [4.78, 5) is 0. The summed E-state index contributed by atoms with van der Waals surface area (Å²) in [7, 11) is -4.62. The molecule has 0 aromatic carbocycles. The van der Waals surface area contributed by atoms with E-state index in [0.29, 0.717) is 0 Å². The Labute approximate surface area is 209 Å². The normalized spacial score (nSPS) is 11.9. The molecule has 0 saturated heterocycles. The van der Waals surface area contributed by atoms with Crippen LogP contribution in [-0.4, -0.2) is 13.0 Å². The zero-order valence-corrected chi connectivity index (χ0v) is 22.6. The first kappa shape index (κ1) is 32.4. The summed E-state index contributed by atoms with van der Waals surface area (Å²) in [6.07, 6.45) is 31.7. The molecule has 0 aromatic rings. The van der Waals surface area contributed by atoms with Crippen LogP contribution in [0.2, 0.25) is 0 Å². The molecule has 0 aromatic heterocycles. The molecule has 0 aliphatic heterocycles. The van der Waals surface area contributed by atoms with Crippen LogP contribution in [0.5, 0.6) is 0 Å². The molecule has 30 heavy (non-hydrogen) atoms. The molecule has 0 aliphatic carbocycles. The largest absolute Gasteiger partial charge is 1.00 e. The Morgan fingerprint density at radius 3 is 1.37 bits per heavy atom. The molecule has 4 nitrogen and oxygen atoms in total. The van der Waals surface area contributed by atoms with Gasteiger partial charge in [0.1, 0.15) is 6.26 Å². The van der Waals surface area contributed by atoms with Crippen LogP contribution < -0.4 is 29.6 Å². The first-order valence-corrected chi connectivity index (χ1v) is 13.4. The van der Waals surface area contributed by atoms with Crippen molar-refractivity contribution in [3.05, 3.63) is 24.5 Å². The number of hydrogen-bond acceptors (Lipinski definition) is 4. The molecule has 0 N–H and O–H groups in total. The van der Waals surface area contributed by atoms with Crippen LogP contribution in [0.25, 0.3) is 0 Å². The molecule has 0 fully saturated rings. The van der Waals surface area contributed by atoms with Crippen molar-refractivity contribution < 1.29 is 46.7 Å². The van der Waals surface area contributed by atoms with E-state index in [1.54, 1.807) is 6.08 Å². The molecule has 0 rings (SSSR count). The number of rotatable bonds is 22. The molecule has 0 heterocycles. The van der Waals surface area contributed by atoms with Crippen LogP contribution in [-0.2, 0) is 14.6 Å². The summed E-state index contributed by atoms with van der Waals surface area (Å²) in [6, 6.07) is 0. The molecule has 6 heteroatoms. The Balaban J connectivity index is 0. The zero-order chi connectivity index (χ0) is 21.5. The average molecular weight is 453 g/mol. The smallest absolute Gasteiger partial charge is 0.716 e. The van der Waals surface area contributed by atoms with Crippen molar-refractivity contribution in [3.8, 4) is 0 Å². The van der Waals surface area contributed by atoms with Crippen LogP contribution in [0.15, 0.2) is 24.5 Å². The second-order valence-corrected chi connectivity index (χ2v) is 9.07. The van der Waals surface area contributed by atoms with Gasteiger partial charge in [-0.3, -0.25) is 0 Å². The monoisotopic (exact) mass is 452 g/mol. The maximum Gasteiger partial charge on any atom is 1.00 e. The van der Waals surface area contributed by atoms with Gasteiger partial charge in [-0.05, 0) is 18.9 Å². The van der Waals surface area contributed by atoms with Crippen LogP contribution >= 0.6 is 0 Å². The summed E-state index contributed by atoms with van der Waals surface area (Å²) in [5.74, 6) is 0. The van der Waals surface area contributed by atoms with Gasteiger partial charge in [-0.2, -0.15) is 0 Å². The fraction of sp³-hybridized carbons (Fsp3) is 0.833. The number of allylic oxidation sites excluding steroid dienone is 3. The van der Waals surface area contributed by atoms with Crippen molar-refractivity contribution >= 4 is 10.4 Å². The van der Waals surface area contributed by atoms with Crippen LogP contribution in [0.3, 0.4) is 0 Å². The van der Waals surface area contributed by atoms with Gasteiger partial charge >= 0.3 is 29.6 Å². The predicted octanol–water partition coefficient (Wildman–Crippen LogP) is 4.97. The van der Waals surface area contributed by atoms with Crippen molar-refractivity contribution in [2.75, 3.05) is 0 Å². The first-order valence-electron chi connectivity index (χ1n) is 12.0. The van der Waals surface area contributed by atoms with Gasteiger partial charge in [-0.25, -0.2) is 8.42 Å². The molecule has 0 spiro atoms. The van der Waals surface area contributed by atoms with E-state index in [1.807, 2.05) is 6.08 Å². The van der Waals surface area contributed by atoms with Gasteiger partial charge in [-0.1, -0.05) is 128 Å². The van der Waals surface area contributed by atoms with Gasteiger partial charge < -0.3 is 8.74 Å². The van der Waals surface area contributed by atoms with E-state index < -0.39 is 10.4 Å². The molecule has 0 atom stereocenters. The van der Waals surface area contributed by atoms with Gasteiger partial charge in [0.05, 0.1) is 0 Å². The van der Waals surface area contributed by atoms with Crippen molar-refractivity contribution in [2.24, 2.45) is 0 Å². The zero-order valence-electron chi connectivity index (χ0n) is 19.8. The molecule has 0 bridgehead atoms. The van der Waals surface area contributed by atoms with Gasteiger partial charge in [0.15, 0.2) is 0 Å². The molecular formula is C24H45NaO4S. The summed E-state index contributed by atoms with van der Waals surface area (Å²) in [5, 5.41) is 0. The predicted molar refractivity (Wildman–Crippen MR) is 122 cm³/mol. The molecule has 172 valence electrons. The van der Waals surface area contributed by atoms with E-state index in [-0.39, 0.29) is 29.6 Å². The third kappa shape index (κ3) is 30.4. The van der Waals surface area contributed by atoms with Gasteiger partial charge in [0.2, 0.25) is 0 Å². The van der Waals surface area contributed by atoms with Crippen LogP contribution in [0.1, 0.15) is 129 Å². The summed E-state index contributed by atoms with van der Waals surface area (Å²) in [6.45, 7) is 2.28. The molecular weight excluding hydrogens is 407 g/mol. The maximum atomic E-state index is 10.2. The minimum absolute atomic E-state index is 0. The van der Waals surface area contributed by atoms with E-state index in [1.165, 1.54) is 115 Å². The third-order valence-corrected chi connectivity index (χ3v) is 5.57. The Hall–Kier alpha value is 0.190. The molecule has 0 saturated carbocycles. The second kappa shape index (κ2) is 25.5. The minimum Gasteiger partial charge on any atom is -0.716 e. The minimum atomic E-state index is -4.62. The van der Waals surface area contributed by atoms with Gasteiger partial charge in [0.25, 0.3) is 10.4 Å². The summed E-state index contributed by atoms with van der Waals surface area (Å²) < 4.78 is 34.5. The molecule has 0 unspecified atom stereocenters. The quantitative estimate of drug-likeness (QED) is 0.0581. The standard InChI is InChI=1S/C24H46O4S.Na/c1-2-3-4-5-6-7-8-9-10-11-12-13-14-15-16-17-18-19-20-21-22-23-24-28-29(25,26)27;/h21-24H,2-20H2,1H3,(H,25,26,27);/q;+1/p-1. The molecule has 0 aliphatic rings. The van der Waals surface area contributed by atoms with Gasteiger partial charge in [0, 0.05) is 0 Å². The SMILES string of the molecule is CCCCCCCCCCCCCCCCCCCCC=CC=COS(=O)(=O)[O-].[Na+]. The van der Waals surface area contributed by atoms with E-state index in [9.17, 15) is 13.0 Å². The molecule has 0 radical (unpaired) electrons. The van der Waals surface area contributed by atoms with Gasteiger partial charge in [-0.15, -0.1) is 0 Å². The van der Waals surface area contributed by atoms with Crippen LogP contribution in [0.4, 0.5) is 0 Å². The first-order chi connectivity index (χ1) is 14.1. The summed E-state index contributed by atoms with van der Waals surface area (Å²) >= 11 is 0. The fourth-order valence-corrected chi connectivity index (χ4v) is 3.68. The number of hydrogen-bond donors (Lipinski definition) is 0. The van der Waals surface area contributed by atoms with E-state index in [2.05, 4.69) is 11.1 Å². The van der Waals surface area contributed by atoms with E-state index >= 15 is 0 Å². The van der Waals surface area contributed by atoms with E-state index in [0.717, 1.165) is 19.1 Å². The van der Waals surface area contributed by atoms with Crippen molar-refractivity contribution in [1.82, 2.24) is 0 Å². The topological polar surface area (TPSA) is 66.4 Å². The number of unbranched alkanes of at least 4 members (excludes halogenated alkanes) is 18. The average Bonchev–Trinajstić information content (AvgIpc) is 2.67. The fourth-order valence-electron chi connectivity index (χ4n) is 3.48. The van der Waals surface area contributed by atoms with Crippen molar-refractivity contribution in [1.29, 1.82) is 0 Å². The molecule has 0 amide bonds. The van der Waals surface area contributed by atoms with Crippen molar-refractivity contribution in [3.63, 3.8) is 0 Å². The Kier molecular flexibility index (Phi) is 27.5. The second-order valence-electron chi connectivity index (χ2n) is 8.06. The maximum absolute atomic E-state index is 10.2. The Morgan fingerprint density at radius 2 is 1.00 bits per heavy atom. The van der Waals surface area contributed by atoms with E-state index in [4.69, 9.17) is 0 Å². The summed E-state index contributed by atoms with van der Waals surface area (Å²) in [5.41, 5.74) is 0. The van der Waals surface area contributed by atoms with Crippen molar-refractivity contribution in [2.45, 2.75) is 129 Å². The Bertz CT molecular complexity index is 489. The third-order valence-electron chi connectivity index (χ3n) is 5.22. The van der Waals surface area contributed by atoms with Crippen LogP contribution in [0, 0.1) is 0 Å². The Morgan fingerprint density at radius 1 is 0.633 bits per heavy atom.